The predicted octanol–water partition coefficient (Wildman–Crippen LogP) is 1.30. The molecule has 1 aliphatic rings. The molecule has 1 heterocycles. The van der Waals surface area contributed by atoms with Gasteiger partial charge in [-0.1, -0.05) is 13.8 Å². The second-order valence-electron chi connectivity index (χ2n) is 2.60. The number of hydrogen-bond acceptors (Lipinski definition) is 3. The first-order valence-corrected chi connectivity index (χ1v) is 4.56. The number of nitrogens with zero attached hydrogens (tertiary/aromatic N) is 1. The molecule has 1 amide bonds. The number of rotatable bonds is 1. The Morgan fingerprint density at radius 3 is 2.54 bits per heavy atom. The smallest absolute Gasteiger partial charge is 0.409 e. The van der Waals surface area contributed by atoms with Gasteiger partial charge in [0.1, 0.15) is 6.29 Å². The van der Waals surface area contributed by atoms with Gasteiger partial charge in [-0.05, 0) is 6.42 Å². The molecule has 0 aromatic carbocycles. The number of carbonyl (C=O) groups excluding carboxylic acids is 2. The van der Waals surface area contributed by atoms with Crippen LogP contribution in [-0.2, 0) is 9.53 Å². The molecule has 1 rings (SSSR count). The van der Waals surface area contributed by atoms with Crippen LogP contribution in [0.5, 0.6) is 0 Å². The van der Waals surface area contributed by atoms with Crippen LogP contribution in [0.4, 0.5) is 4.79 Å². The second-order valence-corrected chi connectivity index (χ2v) is 2.60. The van der Waals surface area contributed by atoms with Gasteiger partial charge in [0.15, 0.2) is 0 Å². The molecule has 1 atom stereocenters. The topological polar surface area (TPSA) is 46.6 Å². The SMILES string of the molecule is CC.COC(=O)N1CCC(C=O)C1. The number of hydrogen-bond donors (Lipinski definition) is 0. The number of likely N-dealkylation sites (tertiary alicyclic amines) is 1. The average molecular weight is 187 g/mol. The molecule has 1 saturated heterocycles. The van der Waals surface area contributed by atoms with Crippen LogP contribution in [0.25, 0.3) is 0 Å². The average Bonchev–Trinajstić information content (AvgIpc) is 2.68. The molecule has 4 heteroatoms. The molecule has 0 saturated carbocycles. The van der Waals surface area contributed by atoms with Crippen molar-refractivity contribution in [1.29, 1.82) is 0 Å². The molecule has 4 nitrogen and oxygen atoms in total. The minimum absolute atomic E-state index is 0.00843. The van der Waals surface area contributed by atoms with E-state index in [-0.39, 0.29) is 12.0 Å². The van der Waals surface area contributed by atoms with Crippen LogP contribution in [-0.4, -0.2) is 37.5 Å². The molecule has 1 fully saturated rings. The van der Waals surface area contributed by atoms with E-state index in [1.807, 2.05) is 13.8 Å². The molecule has 1 unspecified atom stereocenters. The summed E-state index contributed by atoms with van der Waals surface area (Å²) in [4.78, 5) is 22.7. The Labute approximate surface area is 78.9 Å². The van der Waals surface area contributed by atoms with Crippen molar-refractivity contribution in [2.45, 2.75) is 20.3 Å². The highest BCUT2D eigenvalue weighted by molar-refractivity contribution is 5.69. The molecule has 0 aliphatic carbocycles. The second kappa shape index (κ2) is 6.46. The van der Waals surface area contributed by atoms with E-state index < -0.39 is 0 Å². The van der Waals surface area contributed by atoms with Gasteiger partial charge >= 0.3 is 6.09 Å². The highest BCUT2D eigenvalue weighted by Crippen LogP contribution is 2.13. The van der Waals surface area contributed by atoms with Crippen LogP contribution >= 0.6 is 0 Å². The first kappa shape index (κ1) is 11.9. The Morgan fingerprint density at radius 1 is 1.54 bits per heavy atom. The summed E-state index contributed by atoms with van der Waals surface area (Å²) >= 11 is 0. The third kappa shape index (κ3) is 3.44. The first-order chi connectivity index (χ1) is 6.27. The summed E-state index contributed by atoms with van der Waals surface area (Å²) in [6.07, 6.45) is 1.32. The fraction of sp³-hybridized carbons (Fsp3) is 0.778. The lowest BCUT2D eigenvalue weighted by atomic mass is 10.1. The monoisotopic (exact) mass is 187 g/mol. The molecule has 0 bridgehead atoms. The maximum absolute atomic E-state index is 10.9. The zero-order valence-corrected chi connectivity index (χ0v) is 8.45. The Bertz CT molecular complexity index is 170. The van der Waals surface area contributed by atoms with Crippen LogP contribution in [0.15, 0.2) is 0 Å². The Hall–Kier alpha value is -1.06. The fourth-order valence-electron chi connectivity index (χ4n) is 1.19. The minimum atomic E-state index is -0.339. The van der Waals surface area contributed by atoms with Crippen molar-refractivity contribution in [3.05, 3.63) is 0 Å². The van der Waals surface area contributed by atoms with Crippen LogP contribution < -0.4 is 0 Å². The zero-order chi connectivity index (χ0) is 10.3. The molecule has 0 spiro atoms. The highest BCUT2D eigenvalue weighted by Gasteiger charge is 2.25. The Balaban J connectivity index is 0.000000671. The van der Waals surface area contributed by atoms with Crippen molar-refractivity contribution in [2.24, 2.45) is 5.92 Å². The summed E-state index contributed by atoms with van der Waals surface area (Å²) in [5.41, 5.74) is 0. The minimum Gasteiger partial charge on any atom is -0.453 e. The summed E-state index contributed by atoms with van der Waals surface area (Å²) < 4.78 is 4.50. The molecule has 0 aromatic heterocycles. The lowest BCUT2D eigenvalue weighted by Gasteiger charge is -2.12. The summed E-state index contributed by atoms with van der Waals surface area (Å²) in [5, 5.41) is 0. The van der Waals surface area contributed by atoms with Crippen molar-refractivity contribution >= 4 is 12.4 Å². The van der Waals surface area contributed by atoms with Gasteiger partial charge in [-0.3, -0.25) is 0 Å². The Kier molecular flexibility index (Phi) is 5.93. The number of ether oxygens (including phenoxy) is 1. The highest BCUT2D eigenvalue weighted by atomic mass is 16.5. The molecule has 1 aliphatic heterocycles. The third-order valence-corrected chi connectivity index (χ3v) is 1.85. The van der Waals surface area contributed by atoms with E-state index in [0.29, 0.717) is 13.1 Å². The van der Waals surface area contributed by atoms with Gasteiger partial charge in [0.2, 0.25) is 0 Å². The van der Waals surface area contributed by atoms with Gasteiger partial charge in [-0.25, -0.2) is 4.79 Å². The molecule has 13 heavy (non-hydrogen) atoms. The van der Waals surface area contributed by atoms with Crippen molar-refractivity contribution < 1.29 is 14.3 Å². The lowest BCUT2D eigenvalue weighted by molar-refractivity contribution is -0.110. The third-order valence-electron chi connectivity index (χ3n) is 1.85. The van der Waals surface area contributed by atoms with Gasteiger partial charge in [0, 0.05) is 19.0 Å². The van der Waals surface area contributed by atoms with E-state index in [9.17, 15) is 9.59 Å². The first-order valence-electron chi connectivity index (χ1n) is 4.56. The molecular weight excluding hydrogens is 170 g/mol. The van der Waals surface area contributed by atoms with Crippen LogP contribution in [0.3, 0.4) is 0 Å². The zero-order valence-electron chi connectivity index (χ0n) is 8.45. The van der Waals surface area contributed by atoms with Crippen LogP contribution in [0.2, 0.25) is 0 Å². The molecule has 76 valence electrons. The molecule has 0 N–H and O–H groups in total. The fourth-order valence-corrected chi connectivity index (χ4v) is 1.19. The van der Waals surface area contributed by atoms with Gasteiger partial charge in [0.05, 0.1) is 7.11 Å². The van der Waals surface area contributed by atoms with Crippen LogP contribution in [0.1, 0.15) is 20.3 Å². The van der Waals surface area contributed by atoms with Crippen molar-refractivity contribution in [1.82, 2.24) is 4.90 Å². The summed E-state index contributed by atoms with van der Waals surface area (Å²) in [5.74, 6) is 0.00843. The van der Waals surface area contributed by atoms with Crippen molar-refractivity contribution in [3.8, 4) is 0 Å². The van der Waals surface area contributed by atoms with Gasteiger partial charge in [-0.2, -0.15) is 0 Å². The normalized spacial score (nSPS) is 20.2. The van der Waals surface area contributed by atoms with Crippen LogP contribution in [0, 0.1) is 5.92 Å². The van der Waals surface area contributed by atoms with Gasteiger partial charge < -0.3 is 14.4 Å². The van der Waals surface area contributed by atoms with Crippen molar-refractivity contribution in [2.75, 3.05) is 20.2 Å². The van der Waals surface area contributed by atoms with Crippen molar-refractivity contribution in [3.63, 3.8) is 0 Å². The molecular formula is C9H17NO3. The summed E-state index contributed by atoms with van der Waals surface area (Å²) in [7, 11) is 1.34. The number of amides is 1. The van der Waals surface area contributed by atoms with E-state index >= 15 is 0 Å². The largest absolute Gasteiger partial charge is 0.453 e. The summed E-state index contributed by atoms with van der Waals surface area (Å²) in [6, 6.07) is 0. The van der Waals surface area contributed by atoms with E-state index in [4.69, 9.17) is 0 Å². The maximum Gasteiger partial charge on any atom is 0.409 e. The summed E-state index contributed by atoms with van der Waals surface area (Å²) in [6.45, 7) is 5.15. The maximum atomic E-state index is 10.9. The quantitative estimate of drug-likeness (QED) is 0.581. The Morgan fingerprint density at radius 2 is 2.15 bits per heavy atom. The molecule has 0 radical (unpaired) electrons. The van der Waals surface area contributed by atoms with E-state index in [0.717, 1.165) is 12.7 Å². The number of aldehydes is 1. The van der Waals surface area contributed by atoms with Gasteiger partial charge in [-0.15, -0.1) is 0 Å². The van der Waals surface area contributed by atoms with E-state index in [2.05, 4.69) is 4.74 Å². The number of methoxy groups -OCH3 is 1. The van der Waals surface area contributed by atoms with E-state index in [1.165, 1.54) is 7.11 Å². The standard InChI is InChI=1S/C7H11NO3.C2H6/c1-11-7(10)8-3-2-6(4-8)5-9;1-2/h5-6H,2-4H2,1H3;1-2H3. The molecule has 0 aromatic rings. The van der Waals surface area contributed by atoms with Gasteiger partial charge in [0.25, 0.3) is 0 Å². The van der Waals surface area contributed by atoms with E-state index in [1.54, 1.807) is 4.90 Å². The lowest BCUT2D eigenvalue weighted by Crippen LogP contribution is -2.28. The predicted molar refractivity (Wildman–Crippen MR) is 49.5 cm³/mol. The number of carbonyl (C=O) groups is 2.